The summed E-state index contributed by atoms with van der Waals surface area (Å²) in [6.07, 6.45) is 1.79. The van der Waals surface area contributed by atoms with E-state index in [2.05, 4.69) is 45.7 Å². The zero-order chi connectivity index (χ0) is 20.8. The third-order valence-electron chi connectivity index (χ3n) is 5.35. The summed E-state index contributed by atoms with van der Waals surface area (Å²) < 4.78 is 2.13. The van der Waals surface area contributed by atoms with Crippen molar-refractivity contribution in [1.82, 2.24) is 14.5 Å². The molecule has 0 bridgehead atoms. The first-order valence-corrected chi connectivity index (χ1v) is 10.2. The maximum Gasteiger partial charge on any atom is 0.257 e. The minimum atomic E-state index is -0.0784. The van der Waals surface area contributed by atoms with Gasteiger partial charge in [0.1, 0.15) is 0 Å². The van der Waals surface area contributed by atoms with Gasteiger partial charge in [0.05, 0.1) is 17.8 Å². The van der Waals surface area contributed by atoms with Crippen LogP contribution < -0.4 is 5.32 Å². The molecule has 0 aliphatic rings. The van der Waals surface area contributed by atoms with Crippen molar-refractivity contribution in [3.63, 3.8) is 0 Å². The smallest absolute Gasteiger partial charge is 0.257 e. The fourth-order valence-electron chi connectivity index (χ4n) is 3.58. The summed E-state index contributed by atoms with van der Waals surface area (Å²) in [6.45, 7) is 11.9. The second kappa shape index (κ2) is 9.52. The number of anilines is 1. The van der Waals surface area contributed by atoms with Crippen molar-refractivity contribution < 1.29 is 4.79 Å². The highest BCUT2D eigenvalue weighted by Crippen LogP contribution is 2.19. The van der Waals surface area contributed by atoms with E-state index in [9.17, 15) is 4.79 Å². The fraction of sp³-hybridized carbons (Fsp3) is 0.333. The first kappa shape index (κ1) is 20.8. The molecule has 0 saturated carbocycles. The standard InChI is InChI=1S/C24H30N4O/c1-5-27(6-2)16-20-10-9-12-21(15-20)26-24(29)23-14-18(3)28(19(23)4)17-22-11-7-8-13-25-22/h7-15H,5-6,16-17H2,1-4H3,(H,26,29). The van der Waals surface area contributed by atoms with Crippen molar-refractivity contribution in [3.8, 4) is 0 Å². The Morgan fingerprint density at radius 2 is 1.86 bits per heavy atom. The van der Waals surface area contributed by atoms with Crippen LogP contribution in [0.2, 0.25) is 0 Å². The van der Waals surface area contributed by atoms with Gasteiger partial charge in [-0.15, -0.1) is 0 Å². The minimum Gasteiger partial charge on any atom is -0.342 e. The summed E-state index contributed by atoms with van der Waals surface area (Å²) in [5, 5.41) is 3.07. The summed E-state index contributed by atoms with van der Waals surface area (Å²) in [7, 11) is 0. The largest absolute Gasteiger partial charge is 0.342 e. The number of pyridine rings is 1. The van der Waals surface area contributed by atoms with Gasteiger partial charge >= 0.3 is 0 Å². The molecule has 0 fully saturated rings. The lowest BCUT2D eigenvalue weighted by Crippen LogP contribution is -2.22. The van der Waals surface area contributed by atoms with Crippen LogP contribution in [0.5, 0.6) is 0 Å². The zero-order valence-electron chi connectivity index (χ0n) is 17.8. The summed E-state index contributed by atoms with van der Waals surface area (Å²) in [5.41, 5.74) is 5.71. The van der Waals surface area contributed by atoms with Crippen molar-refractivity contribution in [2.75, 3.05) is 18.4 Å². The molecule has 0 aliphatic carbocycles. The highest BCUT2D eigenvalue weighted by molar-refractivity contribution is 6.05. The summed E-state index contributed by atoms with van der Waals surface area (Å²) in [5.74, 6) is -0.0784. The highest BCUT2D eigenvalue weighted by atomic mass is 16.1. The molecule has 0 aliphatic heterocycles. The third kappa shape index (κ3) is 5.12. The monoisotopic (exact) mass is 390 g/mol. The van der Waals surface area contributed by atoms with Crippen molar-refractivity contribution >= 4 is 11.6 Å². The third-order valence-corrected chi connectivity index (χ3v) is 5.35. The average Bonchev–Trinajstić information content (AvgIpc) is 3.01. The molecule has 0 spiro atoms. The summed E-state index contributed by atoms with van der Waals surface area (Å²) in [6, 6.07) is 15.9. The van der Waals surface area contributed by atoms with Crippen LogP contribution in [-0.2, 0) is 13.1 Å². The molecule has 2 aromatic heterocycles. The Bertz CT molecular complexity index is 958. The molecule has 0 unspecified atom stereocenters. The number of aromatic nitrogens is 2. The quantitative estimate of drug-likeness (QED) is 0.609. The van der Waals surface area contributed by atoms with E-state index in [4.69, 9.17) is 0 Å². The number of aryl methyl sites for hydroxylation is 1. The second-order valence-electron chi connectivity index (χ2n) is 7.31. The van der Waals surface area contributed by atoms with Gasteiger partial charge in [0.25, 0.3) is 5.91 Å². The molecule has 0 radical (unpaired) electrons. The molecular formula is C24H30N4O. The Morgan fingerprint density at radius 1 is 1.07 bits per heavy atom. The SMILES string of the molecule is CCN(CC)Cc1cccc(NC(=O)c2cc(C)n(Cc3ccccn3)c2C)c1. The van der Waals surface area contributed by atoms with E-state index >= 15 is 0 Å². The minimum absolute atomic E-state index is 0.0784. The number of benzene rings is 1. The molecular weight excluding hydrogens is 360 g/mol. The molecule has 2 heterocycles. The zero-order valence-corrected chi connectivity index (χ0v) is 17.8. The van der Waals surface area contributed by atoms with Crippen LogP contribution >= 0.6 is 0 Å². The number of nitrogens with zero attached hydrogens (tertiary/aromatic N) is 3. The molecule has 152 valence electrons. The van der Waals surface area contributed by atoms with E-state index < -0.39 is 0 Å². The lowest BCUT2D eigenvalue weighted by molar-refractivity contribution is 0.102. The van der Waals surface area contributed by atoms with Crippen LogP contribution in [0.4, 0.5) is 5.69 Å². The van der Waals surface area contributed by atoms with Gasteiger partial charge in [0.15, 0.2) is 0 Å². The topological polar surface area (TPSA) is 50.2 Å². The Hall–Kier alpha value is -2.92. The van der Waals surface area contributed by atoms with E-state index in [1.54, 1.807) is 6.20 Å². The summed E-state index contributed by atoms with van der Waals surface area (Å²) >= 11 is 0. The van der Waals surface area contributed by atoms with Gasteiger partial charge in [-0.25, -0.2) is 0 Å². The van der Waals surface area contributed by atoms with Crippen molar-refractivity contribution in [2.24, 2.45) is 0 Å². The average molecular weight is 391 g/mol. The van der Waals surface area contributed by atoms with Gasteiger partial charge in [-0.1, -0.05) is 32.0 Å². The van der Waals surface area contributed by atoms with Gasteiger partial charge in [0, 0.05) is 29.8 Å². The fourth-order valence-corrected chi connectivity index (χ4v) is 3.58. The predicted molar refractivity (Wildman–Crippen MR) is 118 cm³/mol. The normalized spacial score (nSPS) is 11.1. The number of hydrogen-bond donors (Lipinski definition) is 1. The molecule has 0 atom stereocenters. The number of nitrogens with one attached hydrogen (secondary N) is 1. The van der Waals surface area contributed by atoms with E-state index in [0.29, 0.717) is 12.1 Å². The van der Waals surface area contributed by atoms with Crippen LogP contribution in [0, 0.1) is 13.8 Å². The van der Waals surface area contributed by atoms with Gasteiger partial charge < -0.3 is 9.88 Å². The Morgan fingerprint density at radius 3 is 2.55 bits per heavy atom. The molecule has 5 heteroatoms. The van der Waals surface area contributed by atoms with Crippen LogP contribution in [0.25, 0.3) is 0 Å². The van der Waals surface area contributed by atoms with Crippen molar-refractivity contribution in [2.45, 2.75) is 40.8 Å². The Labute approximate surface area is 173 Å². The van der Waals surface area contributed by atoms with Gasteiger partial charge in [-0.2, -0.15) is 0 Å². The number of carbonyl (C=O) groups is 1. The molecule has 3 aromatic rings. The van der Waals surface area contributed by atoms with Crippen molar-refractivity contribution in [1.29, 1.82) is 0 Å². The molecule has 29 heavy (non-hydrogen) atoms. The van der Waals surface area contributed by atoms with Crippen LogP contribution in [0.3, 0.4) is 0 Å². The Balaban J connectivity index is 1.75. The Kier molecular flexibility index (Phi) is 6.83. The summed E-state index contributed by atoms with van der Waals surface area (Å²) in [4.78, 5) is 19.7. The highest BCUT2D eigenvalue weighted by Gasteiger charge is 2.16. The first-order valence-electron chi connectivity index (χ1n) is 10.2. The second-order valence-corrected chi connectivity index (χ2v) is 7.31. The predicted octanol–water partition coefficient (Wildman–Crippen LogP) is 4.64. The molecule has 5 nitrogen and oxygen atoms in total. The molecule has 1 N–H and O–H groups in total. The first-order chi connectivity index (χ1) is 14.0. The van der Waals surface area contributed by atoms with Crippen LogP contribution in [0.1, 0.15) is 46.9 Å². The molecule has 3 rings (SSSR count). The van der Waals surface area contributed by atoms with E-state index in [-0.39, 0.29) is 5.91 Å². The maximum absolute atomic E-state index is 12.9. The van der Waals surface area contributed by atoms with E-state index in [1.165, 1.54) is 5.56 Å². The van der Waals surface area contributed by atoms with Crippen LogP contribution in [0.15, 0.2) is 54.7 Å². The molecule has 1 aromatic carbocycles. The number of carbonyl (C=O) groups excluding carboxylic acids is 1. The van der Waals surface area contributed by atoms with E-state index in [1.807, 2.05) is 50.2 Å². The number of amides is 1. The molecule has 1 amide bonds. The van der Waals surface area contributed by atoms with Crippen molar-refractivity contribution in [3.05, 3.63) is 82.9 Å². The number of hydrogen-bond acceptors (Lipinski definition) is 3. The van der Waals surface area contributed by atoms with Crippen LogP contribution in [-0.4, -0.2) is 33.4 Å². The maximum atomic E-state index is 12.9. The lowest BCUT2D eigenvalue weighted by Gasteiger charge is -2.18. The van der Waals surface area contributed by atoms with Gasteiger partial charge in [-0.05, 0) is 62.8 Å². The van der Waals surface area contributed by atoms with Gasteiger partial charge in [-0.3, -0.25) is 14.7 Å². The molecule has 0 saturated heterocycles. The van der Waals surface area contributed by atoms with Gasteiger partial charge in [0.2, 0.25) is 0 Å². The lowest BCUT2D eigenvalue weighted by atomic mass is 10.1. The van der Waals surface area contributed by atoms with E-state index in [0.717, 1.165) is 42.4 Å². The number of rotatable bonds is 8.